The van der Waals surface area contributed by atoms with Crippen LogP contribution in [0.5, 0.6) is 0 Å². The number of halogens is 5. The summed E-state index contributed by atoms with van der Waals surface area (Å²) in [6, 6.07) is 5.71. The highest BCUT2D eigenvalue weighted by Gasteiger charge is 2.38. The van der Waals surface area contributed by atoms with Crippen molar-refractivity contribution >= 4 is 29.2 Å². The maximum atomic E-state index is 10.6. The van der Waals surface area contributed by atoms with Crippen molar-refractivity contribution in [2.45, 2.75) is 12.6 Å². The monoisotopic (exact) mass is 317 g/mol. The Morgan fingerprint density at radius 2 is 1.89 bits per heavy atom. The number of benzene rings is 1. The fourth-order valence-corrected chi connectivity index (χ4v) is 1.42. The standard InChI is InChI=1S/C9H11Cl2N.C2HF3O2/c1-12-6-5-7-3-2-4-8(10)9(7)11;3-2(4,5)1(6)7/h2-4,12H,5-6H2,1H3;(H,6,7). The van der Waals surface area contributed by atoms with E-state index in [4.69, 9.17) is 33.1 Å². The van der Waals surface area contributed by atoms with Gasteiger partial charge in [0, 0.05) is 0 Å². The van der Waals surface area contributed by atoms with Crippen LogP contribution >= 0.6 is 23.2 Å². The van der Waals surface area contributed by atoms with E-state index >= 15 is 0 Å². The Morgan fingerprint density at radius 1 is 1.37 bits per heavy atom. The van der Waals surface area contributed by atoms with Crippen molar-refractivity contribution in [1.29, 1.82) is 0 Å². The number of carboxylic acid groups (broad SMARTS) is 1. The van der Waals surface area contributed by atoms with Gasteiger partial charge in [-0.25, -0.2) is 4.79 Å². The maximum Gasteiger partial charge on any atom is 0.490 e. The van der Waals surface area contributed by atoms with Crippen LogP contribution in [0, 0.1) is 0 Å². The maximum absolute atomic E-state index is 10.6. The molecule has 0 aromatic heterocycles. The van der Waals surface area contributed by atoms with Gasteiger partial charge in [-0.3, -0.25) is 0 Å². The Bertz CT molecular complexity index is 425. The van der Waals surface area contributed by atoms with Crippen molar-refractivity contribution < 1.29 is 23.1 Å². The molecule has 0 saturated heterocycles. The molecule has 0 aliphatic heterocycles. The summed E-state index contributed by atoms with van der Waals surface area (Å²) >= 11 is 11.8. The fourth-order valence-electron chi connectivity index (χ4n) is 1.00. The Balaban J connectivity index is 0.000000399. The predicted octanol–water partition coefficient (Wildman–Crippen LogP) is 3.39. The summed E-state index contributed by atoms with van der Waals surface area (Å²) in [6.07, 6.45) is -4.17. The van der Waals surface area contributed by atoms with Gasteiger partial charge in [0.15, 0.2) is 0 Å². The highest BCUT2D eigenvalue weighted by atomic mass is 35.5. The van der Waals surface area contributed by atoms with Crippen molar-refractivity contribution in [2.24, 2.45) is 0 Å². The molecule has 0 heterocycles. The van der Waals surface area contributed by atoms with Gasteiger partial charge in [-0.1, -0.05) is 35.3 Å². The largest absolute Gasteiger partial charge is 0.490 e. The van der Waals surface area contributed by atoms with Gasteiger partial charge in [0.25, 0.3) is 0 Å². The molecule has 0 aliphatic carbocycles. The lowest BCUT2D eigenvalue weighted by Crippen LogP contribution is -2.21. The van der Waals surface area contributed by atoms with Gasteiger partial charge in [0.2, 0.25) is 0 Å². The average molecular weight is 318 g/mol. The summed E-state index contributed by atoms with van der Waals surface area (Å²) in [7, 11) is 1.92. The van der Waals surface area contributed by atoms with Crippen LogP contribution in [0.3, 0.4) is 0 Å². The minimum Gasteiger partial charge on any atom is -0.475 e. The number of nitrogens with one attached hydrogen (secondary N) is 1. The second-order valence-electron chi connectivity index (χ2n) is 3.37. The van der Waals surface area contributed by atoms with Crippen LogP contribution < -0.4 is 5.32 Å². The molecule has 2 N–H and O–H groups in total. The fraction of sp³-hybridized carbons (Fsp3) is 0.364. The highest BCUT2D eigenvalue weighted by molar-refractivity contribution is 6.42. The lowest BCUT2D eigenvalue weighted by molar-refractivity contribution is -0.192. The lowest BCUT2D eigenvalue weighted by Gasteiger charge is -2.04. The molecule has 0 amide bonds. The van der Waals surface area contributed by atoms with Crippen molar-refractivity contribution in [3.05, 3.63) is 33.8 Å². The molecule has 0 spiro atoms. The number of hydrogen-bond acceptors (Lipinski definition) is 2. The summed E-state index contributed by atoms with van der Waals surface area (Å²) in [5.74, 6) is -2.76. The molecule has 1 aromatic carbocycles. The van der Waals surface area contributed by atoms with Gasteiger partial charge in [0.1, 0.15) is 0 Å². The van der Waals surface area contributed by atoms with Crippen LogP contribution in [0.2, 0.25) is 10.0 Å². The van der Waals surface area contributed by atoms with Crippen LogP contribution in [-0.4, -0.2) is 30.8 Å². The van der Waals surface area contributed by atoms with Crippen LogP contribution in [0.15, 0.2) is 18.2 Å². The van der Waals surface area contributed by atoms with E-state index in [0.717, 1.165) is 18.5 Å². The van der Waals surface area contributed by atoms with Gasteiger partial charge < -0.3 is 10.4 Å². The topological polar surface area (TPSA) is 49.3 Å². The molecule has 0 bridgehead atoms. The molecule has 1 aromatic rings. The molecule has 1 rings (SSSR count). The first kappa shape index (κ1) is 18.0. The lowest BCUT2D eigenvalue weighted by atomic mass is 10.1. The molecule has 0 atom stereocenters. The van der Waals surface area contributed by atoms with E-state index < -0.39 is 12.1 Å². The minimum atomic E-state index is -5.08. The number of aliphatic carboxylic acids is 1. The summed E-state index contributed by atoms with van der Waals surface area (Å²) in [6.45, 7) is 0.917. The molecule has 0 fully saturated rings. The van der Waals surface area contributed by atoms with E-state index in [9.17, 15) is 13.2 Å². The number of likely N-dealkylation sites (N-methyl/N-ethyl adjacent to an activating group) is 1. The SMILES string of the molecule is CNCCc1cccc(Cl)c1Cl.O=C(O)C(F)(F)F. The van der Waals surface area contributed by atoms with Crippen molar-refractivity contribution in [1.82, 2.24) is 5.32 Å². The first-order valence-electron chi connectivity index (χ1n) is 5.07. The van der Waals surface area contributed by atoms with E-state index in [1.807, 2.05) is 19.2 Å². The quantitative estimate of drug-likeness (QED) is 0.898. The zero-order valence-corrected chi connectivity index (χ0v) is 11.4. The minimum absolute atomic E-state index is 0.630. The number of alkyl halides is 3. The van der Waals surface area contributed by atoms with Crippen molar-refractivity contribution in [3.63, 3.8) is 0 Å². The highest BCUT2D eigenvalue weighted by Crippen LogP contribution is 2.25. The number of carbonyl (C=O) groups is 1. The van der Waals surface area contributed by atoms with Crippen LogP contribution in [0.4, 0.5) is 13.2 Å². The van der Waals surface area contributed by atoms with Crippen molar-refractivity contribution in [2.75, 3.05) is 13.6 Å². The molecule has 8 heteroatoms. The molecule has 0 aliphatic rings. The third-order valence-electron chi connectivity index (χ3n) is 1.92. The molecule has 3 nitrogen and oxygen atoms in total. The summed E-state index contributed by atoms with van der Waals surface area (Å²) in [5, 5.41) is 11.5. The second-order valence-corrected chi connectivity index (χ2v) is 4.15. The van der Waals surface area contributed by atoms with Crippen LogP contribution in [0.1, 0.15) is 5.56 Å². The van der Waals surface area contributed by atoms with Gasteiger partial charge in [-0.15, -0.1) is 0 Å². The van der Waals surface area contributed by atoms with E-state index in [-0.39, 0.29) is 0 Å². The van der Waals surface area contributed by atoms with Gasteiger partial charge in [-0.2, -0.15) is 13.2 Å². The van der Waals surface area contributed by atoms with E-state index in [2.05, 4.69) is 5.32 Å². The van der Waals surface area contributed by atoms with Gasteiger partial charge in [-0.05, 0) is 31.6 Å². The normalized spacial score (nSPS) is 10.6. The Kier molecular flexibility index (Phi) is 7.82. The molecule has 0 saturated carbocycles. The van der Waals surface area contributed by atoms with Gasteiger partial charge in [0.05, 0.1) is 10.0 Å². The Labute approximate surface area is 118 Å². The van der Waals surface area contributed by atoms with Crippen molar-refractivity contribution in [3.8, 4) is 0 Å². The van der Waals surface area contributed by atoms with Crippen LogP contribution in [0.25, 0.3) is 0 Å². The zero-order chi connectivity index (χ0) is 15.1. The smallest absolute Gasteiger partial charge is 0.475 e. The zero-order valence-electron chi connectivity index (χ0n) is 9.89. The molecule has 0 radical (unpaired) electrons. The summed E-state index contributed by atoms with van der Waals surface area (Å²) in [5.41, 5.74) is 1.10. The summed E-state index contributed by atoms with van der Waals surface area (Å²) in [4.78, 5) is 8.90. The third-order valence-corrected chi connectivity index (χ3v) is 2.78. The van der Waals surface area contributed by atoms with E-state index in [1.165, 1.54) is 0 Å². The molecule has 108 valence electrons. The first-order chi connectivity index (χ1) is 8.70. The van der Waals surface area contributed by atoms with E-state index in [1.54, 1.807) is 6.07 Å². The third kappa shape index (κ3) is 7.25. The van der Waals surface area contributed by atoms with Crippen LogP contribution in [-0.2, 0) is 11.2 Å². The second kappa shape index (κ2) is 8.24. The van der Waals surface area contributed by atoms with Gasteiger partial charge >= 0.3 is 12.1 Å². The van der Waals surface area contributed by atoms with E-state index in [0.29, 0.717) is 10.0 Å². The first-order valence-corrected chi connectivity index (χ1v) is 5.83. The number of carboxylic acids is 1. The number of hydrogen-bond donors (Lipinski definition) is 2. The average Bonchev–Trinajstić information content (AvgIpc) is 2.31. The predicted molar refractivity (Wildman–Crippen MR) is 67.8 cm³/mol. The summed E-state index contributed by atoms with van der Waals surface area (Å²) < 4.78 is 31.7. The molecular weight excluding hydrogens is 306 g/mol. The Morgan fingerprint density at radius 3 is 2.32 bits per heavy atom. The number of rotatable bonds is 3. The molecule has 19 heavy (non-hydrogen) atoms. The molecular formula is C11H12Cl2F3NO2. The molecule has 0 unspecified atom stereocenters. The Hall–Kier alpha value is -0.980.